The summed E-state index contributed by atoms with van der Waals surface area (Å²) in [7, 11) is 2.91. The highest BCUT2D eigenvalue weighted by Gasteiger charge is 2.52. The van der Waals surface area contributed by atoms with Gasteiger partial charge < -0.3 is 33.9 Å². The summed E-state index contributed by atoms with van der Waals surface area (Å²) in [6.07, 6.45) is -5.07. The molecule has 0 heterocycles. The van der Waals surface area contributed by atoms with Gasteiger partial charge in [0.25, 0.3) is 11.8 Å². The molecule has 0 atom stereocenters. The number of halogens is 3. The molecule has 0 radical (unpaired) electrons. The third kappa shape index (κ3) is 11.0. The summed E-state index contributed by atoms with van der Waals surface area (Å²) >= 11 is 0. The van der Waals surface area contributed by atoms with Gasteiger partial charge in [0.2, 0.25) is 19.0 Å². The second-order valence-electron chi connectivity index (χ2n) is 12.6. The molecule has 4 aromatic rings. The van der Waals surface area contributed by atoms with E-state index in [1.54, 1.807) is 24.3 Å². The number of ether oxygens (including phenoxy) is 5. The van der Waals surface area contributed by atoms with Crippen LogP contribution in [0.1, 0.15) is 51.3 Å². The van der Waals surface area contributed by atoms with Gasteiger partial charge in [-0.05, 0) is 52.6 Å². The van der Waals surface area contributed by atoms with E-state index in [0.29, 0.717) is 11.1 Å². The summed E-state index contributed by atoms with van der Waals surface area (Å²) in [5.41, 5.74) is -2.46. The number of amides is 2. The molecule has 1 N–H and O–H groups in total. The van der Waals surface area contributed by atoms with E-state index in [2.05, 4.69) is 14.8 Å². The van der Waals surface area contributed by atoms with Crippen molar-refractivity contribution in [3.8, 4) is 11.1 Å². The van der Waals surface area contributed by atoms with Crippen molar-refractivity contribution in [1.29, 1.82) is 0 Å². The molecule has 0 aliphatic carbocycles. The third-order valence-electron chi connectivity index (χ3n) is 8.33. The van der Waals surface area contributed by atoms with Crippen molar-refractivity contribution in [1.82, 2.24) is 4.90 Å². The Morgan fingerprint density at radius 1 is 0.638 bits per heavy atom. The molecule has 0 aliphatic heterocycles. The number of nitrogens with one attached hydrogen (secondary N) is 1. The number of hydrogen-bond acceptors (Lipinski definition) is 12. The summed E-state index contributed by atoms with van der Waals surface area (Å²) in [5.74, 6) is -6.53. The molecule has 4 aromatic carbocycles. The average Bonchev–Trinajstić information content (AvgIpc) is 3.18. The topological polar surface area (TPSA) is 181 Å². The normalized spacial score (nSPS) is 11.1. The zero-order chi connectivity index (χ0) is 42.6. The summed E-state index contributed by atoms with van der Waals surface area (Å²) in [4.78, 5) is 91.4. The highest BCUT2D eigenvalue weighted by molar-refractivity contribution is 6.12. The fourth-order valence-corrected chi connectivity index (χ4v) is 5.42. The summed E-state index contributed by atoms with van der Waals surface area (Å²) < 4.78 is 64.5. The molecule has 0 unspecified atom stereocenters. The molecule has 0 fully saturated rings. The standard InChI is InChI=1S/C41H37F3N2O12/c1-25(47)55-23-57-38(52)40(29-10-6-5-7-11-29,39(53)58-24-56-26(2)48)22-54-35(49)21-27-14-19-34(33(20-27)37(51)46(3)4)45-36(50)32-13-9-8-12-31(32)28-15-17-30(18-16-28)41(42,43)44/h5-20H,21-24H2,1-4H3,(H,45,50). The molecule has 0 bridgehead atoms. The molecule has 0 saturated heterocycles. The van der Waals surface area contributed by atoms with Crippen LogP contribution in [0.4, 0.5) is 18.9 Å². The van der Waals surface area contributed by atoms with Crippen molar-refractivity contribution < 1.29 is 70.4 Å². The largest absolute Gasteiger partial charge is 0.463 e. The highest BCUT2D eigenvalue weighted by Crippen LogP contribution is 2.33. The van der Waals surface area contributed by atoms with Crippen molar-refractivity contribution in [2.75, 3.05) is 39.6 Å². The summed E-state index contributed by atoms with van der Waals surface area (Å²) in [6, 6.07) is 21.8. The Morgan fingerprint density at radius 2 is 1.21 bits per heavy atom. The zero-order valence-corrected chi connectivity index (χ0v) is 31.5. The number of rotatable bonds is 15. The van der Waals surface area contributed by atoms with Crippen LogP contribution >= 0.6 is 0 Å². The number of hydrogen-bond donors (Lipinski definition) is 1. The van der Waals surface area contributed by atoms with E-state index >= 15 is 0 Å². The Kier molecular flexibility index (Phi) is 14.5. The van der Waals surface area contributed by atoms with Crippen LogP contribution in [0.2, 0.25) is 0 Å². The Bertz CT molecular complexity index is 2140. The Balaban J connectivity index is 1.61. The Morgan fingerprint density at radius 3 is 1.76 bits per heavy atom. The fourth-order valence-electron chi connectivity index (χ4n) is 5.42. The predicted molar refractivity (Wildman–Crippen MR) is 198 cm³/mol. The maximum absolute atomic E-state index is 13.6. The lowest BCUT2D eigenvalue weighted by atomic mass is 9.81. The lowest BCUT2D eigenvalue weighted by Gasteiger charge is -2.29. The first-order chi connectivity index (χ1) is 27.4. The number of esters is 5. The number of anilines is 1. The van der Waals surface area contributed by atoms with Crippen LogP contribution in [0.15, 0.2) is 97.1 Å². The first-order valence-electron chi connectivity index (χ1n) is 17.2. The van der Waals surface area contributed by atoms with E-state index in [4.69, 9.17) is 14.2 Å². The highest BCUT2D eigenvalue weighted by atomic mass is 19.4. The van der Waals surface area contributed by atoms with E-state index in [-0.39, 0.29) is 27.9 Å². The molecule has 2 amide bonds. The SMILES string of the molecule is CC(=O)OCOC(=O)C(COC(=O)Cc1ccc(NC(=O)c2ccccc2-c2ccc(C(F)(F)F)cc2)c(C(=O)N(C)C)c1)(C(=O)OCOC(C)=O)c1ccccc1. The minimum Gasteiger partial charge on any atom is -0.463 e. The fraction of sp³-hybridized carbons (Fsp3) is 0.244. The van der Waals surface area contributed by atoms with Gasteiger partial charge in [0.05, 0.1) is 23.2 Å². The minimum absolute atomic E-state index is 0.0391. The molecular weight excluding hydrogens is 769 g/mol. The van der Waals surface area contributed by atoms with Crippen LogP contribution in [0, 0.1) is 0 Å². The first kappa shape index (κ1) is 43.7. The lowest BCUT2D eigenvalue weighted by molar-refractivity contribution is -0.184. The smallest absolute Gasteiger partial charge is 0.416 e. The Labute approximate surface area is 329 Å². The molecule has 0 aliphatic rings. The van der Waals surface area contributed by atoms with Crippen molar-refractivity contribution in [2.45, 2.75) is 31.9 Å². The van der Waals surface area contributed by atoms with E-state index in [9.17, 15) is 46.7 Å². The Hall–Kier alpha value is -7.04. The monoisotopic (exact) mass is 806 g/mol. The van der Waals surface area contributed by atoms with E-state index in [1.807, 2.05) is 0 Å². The van der Waals surface area contributed by atoms with Gasteiger partial charge in [-0.25, -0.2) is 0 Å². The van der Waals surface area contributed by atoms with Crippen LogP contribution in [0.3, 0.4) is 0 Å². The van der Waals surface area contributed by atoms with Crippen LogP contribution in [0.25, 0.3) is 11.1 Å². The van der Waals surface area contributed by atoms with E-state index < -0.39 is 85.4 Å². The van der Waals surface area contributed by atoms with Crippen LogP contribution in [-0.4, -0.2) is 80.8 Å². The van der Waals surface area contributed by atoms with Gasteiger partial charge in [0, 0.05) is 33.5 Å². The first-order valence-corrected chi connectivity index (χ1v) is 17.2. The van der Waals surface area contributed by atoms with Crippen LogP contribution < -0.4 is 5.32 Å². The molecule has 14 nitrogen and oxygen atoms in total. The van der Waals surface area contributed by atoms with Gasteiger partial charge in [-0.15, -0.1) is 0 Å². The average molecular weight is 807 g/mol. The summed E-state index contributed by atoms with van der Waals surface area (Å²) in [5, 5.41) is 2.68. The van der Waals surface area contributed by atoms with Crippen LogP contribution in [-0.2, 0) is 65.7 Å². The quantitative estimate of drug-likeness (QED) is 0.0693. The number of carbonyl (C=O) groups excluding carboxylic acids is 7. The van der Waals surface area contributed by atoms with Crippen molar-refractivity contribution in [3.05, 3.63) is 125 Å². The van der Waals surface area contributed by atoms with Gasteiger partial charge in [0.15, 0.2) is 0 Å². The van der Waals surface area contributed by atoms with Gasteiger partial charge in [-0.3, -0.25) is 33.6 Å². The minimum atomic E-state index is -4.55. The maximum Gasteiger partial charge on any atom is 0.416 e. The number of carbonyl (C=O) groups is 7. The summed E-state index contributed by atoms with van der Waals surface area (Å²) in [6.45, 7) is -0.696. The second kappa shape index (κ2) is 19.2. The number of nitrogens with zero attached hydrogens (tertiary/aromatic N) is 1. The molecule has 304 valence electrons. The van der Waals surface area contributed by atoms with Crippen LogP contribution in [0.5, 0.6) is 0 Å². The molecule has 0 spiro atoms. The second-order valence-corrected chi connectivity index (χ2v) is 12.6. The zero-order valence-electron chi connectivity index (χ0n) is 31.5. The van der Waals surface area contributed by atoms with Gasteiger partial charge in [-0.2, -0.15) is 13.2 Å². The van der Waals surface area contributed by atoms with Crippen molar-refractivity contribution in [2.24, 2.45) is 0 Å². The maximum atomic E-state index is 13.6. The lowest BCUT2D eigenvalue weighted by Crippen LogP contribution is -2.50. The van der Waals surface area contributed by atoms with Gasteiger partial charge in [-0.1, -0.05) is 66.7 Å². The molecule has 0 saturated carbocycles. The van der Waals surface area contributed by atoms with Crippen molar-refractivity contribution >= 4 is 47.3 Å². The molecular formula is C41H37F3N2O12. The van der Waals surface area contributed by atoms with Crippen molar-refractivity contribution in [3.63, 3.8) is 0 Å². The molecule has 58 heavy (non-hydrogen) atoms. The molecule has 0 aromatic heterocycles. The van der Waals surface area contributed by atoms with Gasteiger partial charge in [0.1, 0.15) is 6.61 Å². The molecule has 4 rings (SSSR count). The number of benzene rings is 4. The van der Waals surface area contributed by atoms with E-state index in [0.717, 1.165) is 26.0 Å². The van der Waals surface area contributed by atoms with Gasteiger partial charge >= 0.3 is 36.0 Å². The molecule has 17 heteroatoms. The predicted octanol–water partition coefficient (Wildman–Crippen LogP) is 5.48. The number of alkyl halides is 3. The third-order valence-corrected chi connectivity index (χ3v) is 8.33. The van der Waals surface area contributed by atoms with E-state index in [1.165, 1.54) is 79.7 Å².